The second-order valence-electron chi connectivity index (χ2n) is 3.43. The van der Waals surface area contributed by atoms with Gasteiger partial charge in [-0.3, -0.25) is 0 Å². The summed E-state index contributed by atoms with van der Waals surface area (Å²) in [6.45, 7) is 4.43. The number of nitrogens with two attached hydrogens (primary N) is 1. The third kappa shape index (κ3) is 3.60. The van der Waals surface area contributed by atoms with Crippen LogP contribution in [0, 0.1) is 0 Å². The van der Waals surface area contributed by atoms with Gasteiger partial charge in [0.15, 0.2) is 4.67 Å². The van der Waals surface area contributed by atoms with Crippen LogP contribution in [0.1, 0.15) is 19.6 Å². The molecule has 0 bridgehead atoms. The Hall–Kier alpha value is -0.370. The predicted molar refractivity (Wildman–Crippen MR) is 59.8 cm³/mol. The van der Waals surface area contributed by atoms with Crippen molar-refractivity contribution in [2.24, 2.45) is 5.14 Å². The van der Waals surface area contributed by atoms with Gasteiger partial charge in [-0.05, 0) is 15.9 Å². The molecule has 0 amide bonds. The number of rotatable bonds is 4. The SMILES string of the molecule is CC(C)NCc1cc(S(N)(=O)=O)c(Br)o1. The number of hydrogen-bond donors (Lipinski definition) is 2. The Labute approximate surface area is 97.2 Å². The Morgan fingerprint density at radius 1 is 1.60 bits per heavy atom. The van der Waals surface area contributed by atoms with E-state index >= 15 is 0 Å². The Balaban J connectivity index is 2.87. The summed E-state index contributed by atoms with van der Waals surface area (Å²) in [6.07, 6.45) is 0. The molecule has 1 heterocycles. The molecule has 0 radical (unpaired) electrons. The van der Waals surface area contributed by atoms with Crippen LogP contribution in [0.2, 0.25) is 0 Å². The van der Waals surface area contributed by atoms with E-state index in [-0.39, 0.29) is 9.56 Å². The minimum absolute atomic E-state index is 0.0249. The summed E-state index contributed by atoms with van der Waals surface area (Å²) in [6, 6.07) is 1.71. The molecule has 0 aliphatic carbocycles. The number of sulfonamides is 1. The highest BCUT2D eigenvalue weighted by Gasteiger charge is 2.18. The van der Waals surface area contributed by atoms with Gasteiger partial charge in [-0.1, -0.05) is 13.8 Å². The number of hydrogen-bond acceptors (Lipinski definition) is 4. The van der Waals surface area contributed by atoms with E-state index in [9.17, 15) is 8.42 Å². The number of nitrogens with one attached hydrogen (secondary N) is 1. The van der Waals surface area contributed by atoms with E-state index in [0.29, 0.717) is 18.3 Å². The van der Waals surface area contributed by atoms with Crippen LogP contribution in [0.15, 0.2) is 20.0 Å². The molecule has 5 nitrogen and oxygen atoms in total. The van der Waals surface area contributed by atoms with Gasteiger partial charge in [-0.2, -0.15) is 0 Å². The molecule has 86 valence electrons. The second kappa shape index (κ2) is 4.65. The van der Waals surface area contributed by atoms with Crippen LogP contribution in [0.4, 0.5) is 0 Å². The lowest BCUT2D eigenvalue weighted by Gasteiger charge is -2.04. The van der Waals surface area contributed by atoms with Gasteiger partial charge < -0.3 is 9.73 Å². The van der Waals surface area contributed by atoms with Crippen molar-refractivity contribution in [1.29, 1.82) is 0 Å². The molecule has 1 rings (SSSR count). The zero-order valence-electron chi connectivity index (χ0n) is 8.45. The van der Waals surface area contributed by atoms with E-state index in [0.717, 1.165) is 0 Å². The first-order valence-electron chi connectivity index (χ1n) is 4.35. The molecule has 3 N–H and O–H groups in total. The molecule has 0 fully saturated rings. The average molecular weight is 297 g/mol. The summed E-state index contributed by atoms with van der Waals surface area (Å²) in [5, 5.41) is 8.09. The van der Waals surface area contributed by atoms with Crippen LogP contribution in [0.5, 0.6) is 0 Å². The Morgan fingerprint density at radius 3 is 2.60 bits per heavy atom. The van der Waals surface area contributed by atoms with Gasteiger partial charge in [0.25, 0.3) is 0 Å². The molecule has 0 saturated heterocycles. The van der Waals surface area contributed by atoms with E-state index in [2.05, 4.69) is 21.2 Å². The largest absolute Gasteiger partial charge is 0.452 e. The van der Waals surface area contributed by atoms with Gasteiger partial charge in [0, 0.05) is 12.1 Å². The minimum atomic E-state index is -3.72. The van der Waals surface area contributed by atoms with Crippen LogP contribution in [0.3, 0.4) is 0 Å². The summed E-state index contributed by atoms with van der Waals surface area (Å²) < 4.78 is 27.5. The number of primary sulfonamides is 1. The van der Waals surface area contributed by atoms with Crippen LogP contribution in [-0.2, 0) is 16.6 Å². The van der Waals surface area contributed by atoms with E-state index < -0.39 is 10.0 Å². The molecule has 0 unspecified atom stereocenters. The van der Waals surface area contributed by atoms with Crippen molar-refractivity contribution in [3.05, 3.63) is 16.5 Å². The lowest BCUT2D eigenvalue weighted by atomic mass is 10.3. The molecule has 1 aromatic rings. The van der Waals surface area contributed by atoms with E-state index in [1.165, 1.54) is 6.07 Å². The lowest BCUT2D eigenvalue weighted by Crippen LogP contribution is -2.21. The summed E-state index contributed by atoms with van der Waals surface area (Å²) in [5.41, 5.74) is 0. The highest BCUT2D eigenvalue weighted by molar-refractivity contribution is 9.10. The van der Waals surface area contributed by atoms with Crippen molar-refractivity contribution in [2.75, 3.05) is 0 Å². The van der Waals surface area contributed by atoms with Crippen LogP contribution >= 0.6 is 15.9 Å². The van der Waals surface area contributed by atoms with Crippen molar-refractivity contribution in [3.8, 4) is 0 Å². The fourth-order valence-electron chi connectivity index (χ4n) is 0.984. The van der Waals surface area contributed by atoms with Crippen molar-refractivity contribution in [3.63, 3.8) is 0 Å². The average Bonchev–Trinajstić information content (AvgIpc) is 2.42. The zero-order valence-corrected chi connectivity index (χ0v) is 10.9. The molecule has 15 heavy (non-hydrogen) atoms. The Morgan fingerprint density at radius 2 is 2.20 bits per heavy atom. The van der Waals surface area contributed by atoms with E-state index in [4.69, 9.17) is 9.56 Å². The van der Waals surface area contributed by atoms with E-state index in [1.807, 2.05) is 13.8 Å². The fraction of sp³-hybridized carbons (Fsp3) is 0.500. The predicted octanol–water partition coefficient (Wildman–Crippen LogP) is 1.19. The van der Waals surface area contributed by atoms with Crippen molar-refractivity contribution in [1.82, 2.24) is 5.32 Å². The van der Waals surface area contributed by atoms with Crippen molar-refractivity contribution >= 4 is 26.0 Å². The van der Waals surface area contributed by atoms with Crippen LogP contribution in [-0.4, -0.2) is 14.5 Å². The maximum Gasteiger partial charge on any atom is 0.242 e. The zero-order chi connectivity index (χ0) is 11.6. The minimum Gasteiger partial charge on any atom is -0.452 e. The molecular weight excluding hydrogens is 284 g/mol. The van der Waals surface area contributed by atoms with Gasteiger partial charge in [0.2, 0.25) is 10.0 Å². The standard InChI is InChI=1S/C8H13BrN2O3S/c1-5(2)11-4-6-3-7(8(9)14-6)15(10,12)13/h3,5,11H,4H2,1-2H3,(H2,10,12,13). The highest BCUT2D eigenvalue weighted by Crippen LogP contribution is 2.24. The Bertz CT molecular complexity index is 439. The first kappa shape index (κ1) is 12.7. The van der Waals surface area contributed by atoms with Gasteiger partial charge in [0.1, 0.15) is 10.7 Å². The Kier molecular flexibility index (Phi) is 3.93. The molecule has 0 aromatic carbocycles. The smallest absolute Gasteiger partial charge is 0.242 e. The first-order chi connectivity index (χ1) is 6.80. The van der Waals surface area contributed by atoms with Crippen molar-refractivity contribution in [2.45, 2.75) is 31.3 Å². The monoisotopic (exact) mass is 296 g/mol. The molecule has 0 aliphatic heterocycles. The van der Waals surface area contributed by atoms with Crippen molar-refractivity contribution < 1.29 is 12.8 Å². The molecule has 1 aromatic heterocycles. The molecule has 0 saturated carbocycles. The van der Waals surface area contributed by atoms with Crippen LogP contribution < -0.4 is 10.5 Å². The number of furan rings is 1. The molecule has 0 aliphatic rings. The molecule has 0 spiro atoms. The number of halogens is 1. The summed E-state index contributed by atoms with van der Waals surface area (Å²) >= 11 is 3.01. The molecule has 0 atom stereocenters. The van der Waals surface area contributed by atoms with Gasteiger partial charge in [-0.15, -0.1) is 0 Å². The maximum atomic E-state index is 11.1. The summed E-state index contributed by atoms with van der Waals surface area (Å²) in [5.74, 6) is 0.527. The van der Waals surface area contributed by atoms with Gasteiger partial charge in [-0.25, -0.2) is 13.6 Å². The first-order valence-corrected chi connectivity index (χ1v) is 6.69. The quantitative estimate of drug-likeness (QED) is 0.874. The topological polar surface area (TPSA) is 85.3 Å². The normalized spacial score (nSPS) is 12.3. The maximum absolute atomic E-state index is 11.1. The summed E-state index contributed by atoms with van der Waals surface area (Å²) in [7, 11) is -3.72. The third-order valence-corrected chi connectivity index (χ3v) is 3.47. The molecule has 7 heteroatoms. The highest BCUT2D eigenvalue weighted by atomic mass is 79.9. The second-order valence-corrected chi connectivity index (χ2v) is 5.68. The van der Waals surface area contributed by atoms with Gasteiger partial charge in [0.05, 0.1) is 6.54 Å². The third-order valence-electron chi connectivity index (χ3n) is 1.70. The lowest BCUT2D eigenvalue weighted by molar-refractivity contribution is 0.447. The fourth-order valence-corrected chi connectivity index (χ4v) is 2.54. The molecular formula is C8H13BrN2O3S. The summed E-state index contributed by atoms with van der Waals surface area (Å²) in [4.78, 5) is -0.0249. The van der Waals surface area contributed by atoms with Gasteiger partial charge >= 0.3 is 0 Å². The van der Waals surface area contributed by atoms with Crippen LogP contribution in [0.25, 0.3) is 0 Å². The van der Waals surface area contributed by atoms with E-state index in [1.54, 1.807) is 0 Å².